The van der Waals surface area contributed by atoms with Crippen molar-refractivity contribution in [2.45, 2.75) is 42.3 Å². The van der Waals surface area contributed by atoms with Gasteiger partial charge in [0.2, 0.25) is 0 Å². The van der Waals surface area contributed by atoms with Crippen molar-refractivity contribution in [3.8, 4) is 0 Å². The first-order valence-corrected chi connectivity index (χ1v) is 6.78. The molecule has 2 aliphatic rings. The smallest absolute Gasteiger partial charge is 0.266 e. The number of hydrogen-bond donors (Lipinski definition) is 2. The minimum absolute atomic E-state index is 0.549. The number of nitroso groups, excluding NO2 is 1. The molecule has 0 spiro atoms. The van der Waals surface area contributed by atoms with Gasteiger partial charge in [-0.1, -0.05) is 16.9 Å². The molecule has 1 saturated heterocycles. The second-order valence-electron chi connectivity index (χ2n) is 4.80. The van der Waals surface area contributed by atoms with Crippen LogP contribution in [0.4, 0.5) is 8.78 Å². The van der Waals surface area contributed by atoms with Gasteiger partial charge in [0.15, 0.2) is 5.17 Å². The van der Waals surface area contributed by atoms with Crippen molar-refractivity contribution in [1.29, 1.82) is 0 Å². The SMILES string of the molecule is CN(C)C1=N[C@@H]2[C@@H](N=O)[C@H](O)[C@@H]([C@H](O)C(F)F)O[C@@H]2S1. The topological polar surface area (TPSA) is 94.7 Å². The van der Waals surface area contributed by atoms with Gasteiger partial charge in [-0.25, -0.2) is 8.78 Å². The molecule has 0 aromatic rings. The molecule has 0 aromatic heterocycles. The summed E-state index contributed by atoms with van der Waals surface area (Å²) in [5.41, 5.74) is -0.725. The first-order chi connectivity index (χ1) is 9.36. The van der Waals surface area contributed by atoms with E-state index in [4.69, 9.17) is 4.74 Å². The Bertz CT molecular complexity index is 412. The molecule has 0 unspecified atom stereocenters. The van der Waals surface area contributed by atoms with Crippen LogP contribution in [0.2, 0.25) is 0 Å². The Morgan fingerprint density at radius 2 is 2.15 bits per heavy atom. The molecule has 20 heavy (non-hydrogen) atoms. The Morgan fingerprint density at radius 3 is 2.65 bits per heavy atom. The molecular formula is C10H15F2N3O4S. The van der Waals surface area contributed by atoms with E-state index in [-0.39, 0.29) is 0 Å². The van der Waals surface area contributed by atoms with Crippen LogP contribution in [0.1, 0.15) is 0 Å². The predicted octanol–water partition coefficient (Wildman–Crippen LogP) is -0.134. The summed E-state index contributed by atoms with van der Waals surface area (Å²) in [6, 6.07) is -1.97. The van der Waals surface area contributed by atoms with Crippen LogP contribution in [0.15, 0.2) is 10.2 Å². The lowest BCUT2D eigenvalue weighted by atomic mass is 9.93. The van der Waals surface area contributed by atoms with Gasteiger partial charge in [-0.2, -0.15) is 4.91 Å². The fraction of sp³-hybridized carbons (Fsp3) is 0.900. The van der Waals surface area contributed by atoms with Crippen LogP contribution in [-0.2, 0) is 4.74 Å². The largest absolute Gasteiger partial charge is 0.388 e. The zero-order valence-corrected chi connectivity index (χ0v) is 11.6. The van der Waals surface area contributed by atoms with Crippen LogP contribution in [0.25, 0.3) is 0 Å². The molecule has 0 aliphatic carbocycles. The van der Waals surface area contributed by atoms with E-state index in [9.17, 15) is 23.9 Å². The van der Waals surface area contributed by atoms with E-state index in [2.05, 4.69) is 10.2 Å². The number of ether oxygens (including phenoxy) is 1. The molecule has 10 heteroatoms. The second-order valence-corrected chi connectivity index (χ2v) is 5.86. The Labute approximate surface area is 118 Å². The van der Waals surface area contributed by atoms with E-state index in [1.165, 1.54) is 0 Å². The van der Waals surface area contributed by atoms with Crippen LogP contribution in [0, 0.1) is 4.91 Å². The van der Waals surface area contributed by atoms with Crippen LogP contribution >= 0.6 is 11.8 Å². The summed E-state index contributed by atoms with van der Waals surface area (Å²) in [4.78, 5) is 16.8. The molecule has 7 nitrogen and oxygen atoms in total. The lowest BCUT2D eigenvalue weighted by Crippen LogP contribution is -2.58. The molecule has 6 atom stereocenters. The van der Waals surface area contributed by atoms with Crippen LogP contribution < -0.4 is 0 Å². The number of amidine groups is 1. The maximum Gasteiger partial charge on any atom is 0.266 e. The van der Waals surface area contributed by atoms with Gasteiger partial charge < -0.3 is 19.8 Å². The van der Waals surface area contributed by atoms with Crippen molar-refractivity contribution in [2.75, 3.05) is 14.1 Å². The fourth-order valence-corrected chi connectivity index (χ4v) is 3.29. The summed E-state index contributed by atoms with van der Waals surface area (Å²) in [5.74, 6) is 0. The highest BCUT2D eigenvalue weighted by Gasteiger charge is 2.53. The molecule has 0 bridgehead atoms. The molecule has 0 saturated carbocycles. The number of alkyl halides is 2. The van der Waals surface area contributed by atoms with Crippen molar-refractivity contribution in [3.63, 3.8) is 0 Å². The molecule has 0 amide bonds. The number of aliphatic hydroxyl groups excluding tert-OH is 2. The highest BCUT2D eigenvalue weighted by molar-refractivity contribution is 8.14. The van der Waals surface area contributed by atoms with Gasteiger partial charge in [-0.3, -0.25) is 4.99 Å². The number of thioether (sulfide) groups is 1. The average molecular weight is 311 g/mol. The molecule has 114 valence electrons. The molecule has 1 fully saturated rings. The van der Waals surface area contributed by atoms with Crippen LogP contribution in [0.5, 0.6) is 0 Å². The van der Waals surface area contributed by atoms with E-state index in [1.54, 1.807) is 19.0 Å². The van der Waals surface area contributed by atoms with Gasteiger partial charge in [0, 0.05) is 14.1 Å². The molecule has 0 radical (unpaired) electrons. The Balaban J connectivity index is 2.22. The third kappa shape index (κ3) is 2.65. The van der Waals surface area contributed by atoms with Gasteiger partial charge in [-0.15, -0.1) is 0 Å². The molecule has 2 N–H and O–H groups in total. The Morgan fingerprint density at radius 1 is 1.50 bits per heavy atom. The summed E-state index contributed by atoms with van der Waals surface area (Å²) in [6.45, 7) is 0. The summed E-state index contributed by atoms with van der Waals surface area (Å²) >= 11 is 1.14. The number of hydrogen-bond acceptors (Lipinski definition) is 8. The van der Waals surface area contributed by atoms with E-state index < -0.39 is 42.3 Å². The van der Waals surface area contributed by atoms with Gasteiger partial charge in [0.05, 0.1) is 0 Å². The number of halogens is 2. The van der Waals surface area contributed by atoms with E-state index in [1.807, 2.05) is 0 Å². The third-order valence-corrected chi connectivity index (χ3v) is 4.49. The summed E-state index contributed by atoms with van der Waals surface area (Å²) < 4.78 is 30.4. The summed E-state index contributed by atoms with van der Waals surface area (Å²) in [7, 11) is 3.46. The van der Waals surface area contributed by atoms with Gasteiger partial charge >= 0.3 is 0 Å². The predicted molar refractivity (Wildman–Crippen MR) is 68.8 cm³/mol. The van der Waals surface area contributed by atoms with Crippen molar-refractivity contribution in [2.24, 2.45) is 10.2 Å². The number of aliphatic imine (C=N–C) groups is 1. The lowest BCUT2D eigenvalue weighted by molar-refractivity contribution is -0.177. The number of nitrogens with zero attached hydrogens (tertiary/aromatic N) is 3. The minimum atomic E-state index is -3.08. The molecule has 2 rings (SSSR count). The highest BCUT2D eigenvalue weighted by atomic mass is 32.2. The van der Waals surface area contributed by atoms with E-state index in [0.717, 1.165) is 11.8 Å². The second kappa shape index (κ2) is 5.88. The maximum absolute atomic E-state index is 12.6. The molecule has 0 aromatic carbocycles. The zero-order chi connectivity index (χ0) is 15.0. The lowest BCUT2D eigenvalue weighted by Gasteiger charge is -2.39. The normalized spacial score (nSPS) is 38.4. The summed E-state index contributed by atoms with van der Waals surface area (Å²) in [6.07, 6.45) is -8.45. The summed E-state index contributed by atoms with van der Waals surface area (Å²) in [5, 5.41) is 22.6. The van der Waals surface area contributed by atoms with Gasteiger partial charge in [-0.05, 0) is 0 Å². The van der Waals surface area contributed by atoms with E-state index >= 15 is 0 Å². The first kappa shape index (κ1) is 15.5. The monoisotopic (exact) mass is 311 g/mol. The molecule has 2 heterocycles. The van der Waals surface area contributed by atoms with Gasteiger partial charge in [0.1, 0.15) is 35.8 Å². The number of fused-ring (bicyclic) bond motifs is 1. The third-order valence-electron chi connectivity index (χ3n) is 3.19. The molecular weight excluding hydrogens is 296 g/mol. The number of rotatable bonds is 3. The Hall–Kier alpha value is -0.840. The average Bonchev–Trinajstić information content (AvgIpc) is 2.80. The van der Waals surface area contributed by atoms with Crippen LogP contribution in [-0.4, -0.2) is 76.6 Å². The minimum Gasteiger partial charge on any atom is -0.388 e. The zero-order valence-electron chi connectivity index (χ0n) is 10.8. The van der Waals surface area contributed by atoms with E-state index in [0.29, 0.717) is 5.17 Å². The standard InChI is InChI=1S/C10H15F2N3O4S/c1-15(2)10-13-4-3(14-18)5(16)7(6(17)8(11)12)19-9(4)20-10/h3-9,16-17H,1-2H3/t3-,4-,5+,6+,7+,9-/m1/s1. The van der Waals surface area contributed by atoms with Crippen LogP contribution in [0.3, 0.4) is 0 Å². The molecule has 2 aliphatic heterocycles. The first-order valence-electron chi connectivity index (χ1n) is 5.90. The quantitative estimate of drug-likeness (QED) is 0.705. The Kier molecular flexibility index (Phi) is 4.57. The van der Waals surface area contributed by atoms with Crippen molar-refractivity contribution >= 4 is 16.9 Å². The number of aliphatic hydroxyl groups is 2. The van der Waals surface area contributed by atoms with Crippen molar-refractivity contribution < 1.29 is 23.7 Å². The van der Waals surface area contributed by atoms with Gasteiger partial charge in [0.25, 0.3) is 6.43 Å². The highest BCUT2D eigenvalue weighted by Crippen LogP contribution is 2.39. The van der Waals surface area contributed by atoms with Crippen molar-refractivity contribution in [3.05, 3.63) is 4.91 Å². The van der Waals surface area contributed by atoms with Crippen molar-refractivity contribution in [1.82, 2.24) is 4.90 Å². The fourth-order valence-electron chi connectivity index (χ4n) is 2.14. The maximum atomic E-state index is 12.6.